The van der Waals surface area contributed by atoms with Gasteiger partial charge in [-0.2, -0.15) is 0 Å². The van der Waals surface area contributed by atoms with Crippen LogP contribution < -0.4 is 4.74 Å². The fourth-order valence-corrected chi connectivity index (χ4v) is 2.66. The third-order valence-electron chi connectivity index (χ3n) is 3.57. The van der Waals surface area contributed by atoms with Crippen LogP contribution in [0, 0.1) is 0 Å². The largest absolute Gasteiger partial charge is 0.496 e. The Balaban J connectivity index is 1.78. The van der Waals surface area contributed by atoms with Gasteiger partial charge in [-0.1, -0.05) is 34.9 Å². The number of hydroxylamine groups is 2. The molecule has 0 unspecified atom stereocenters. The Morgan fingerprint density at radius 1 is 1.04 bits per heavy atom. The molecule has 0 aliphatic carbocycles. The maximum Gasteiger partial charge on any atom is 0.337 e. The van der Waals surface area contributed by atoms with Crippen LogP contribution in [0.1, 0.15) is 26.3 Å². The van der Waals surface area contributed by atoms with Crippen LogP contribution in [0.5, 0.6) is 5.75 Å². The Bertz CT molecular complexity index is 814. The first-order chi connectivity index (χ1) is 11.5. The van der Waals surface area contributed by atoms with Crippen LogP contribution in [0.15, 0.2) is 42.5 Å². The second-order valence-corrected chi connectivity index (χ2v) is 5.42. The van der Waals surface area contributed by atoms with Gasteiger partial charge >= 0.3 is 5.97 Å². The summed E-state index contributed by atoms with van der Waals surface area (Å²) < 4.78 is 5.15. The van der Waals surface area contributed by atoms with Crippen molar-refractivity contribution in [1.29, 1.82) is 0 Å². The molecule has 122 valence electrons. The summed E-state index contributed by atoms with van der Waals surface area (Å²) in [4.78, 5) is 41.4. The molecule has 7 heteroatoms. The van der Waals surface area contributed by atoms with E-state index in [4.69, 9.17) is 21.2 Å². The van der Waals surface area contributed by atoms with Crippen LogP contribution in [0.3, 0.4) is 0 Å². The van der Waals surface area contributed by atoms with Crippen LogP contribution in [0.25, 0.3) is 0 Å². The van der Waals surface area contributed by atoms with Gasteiger partial charge in [0.2, 0.25) is 0 Å². The molecule has 24 heavy (non-hydrogen) atoms. The number of hydrogen-bond acceptors (Lipinski definition) is 5. The highest BCUT2D eigenvalue weighted by Gasteiger charge is 2.38. The van der Waals surface area contributed by atoms with Gasteiger partial charge in [0, 0.05) is 10.6 Å². The van der Waals surface area contributed by atoms with Crippen molar-refractivity contribution in [2.75, 3.05) is 7.11 Å². The molecule has 6 nitrogen and oxygen atoms in total. The highest BCUT2D eigenvalue weighted by molar-refractivity contribution is 6.31. The zero-order valence-electron chi connectivity index (χ0n) is 12.6. The predicted molar refractivity (Wildman–Crippen MR) is 84.7 cm³/mol. The molecular weight excluding hydrogens is 334 g/mol. The first kappa shape index (κ1) is 16.0. The van der Waals surface area contributed by atoms with Gasteiger partial charge in [0.05, 0.1) is 24.7 Å². The first-order valence-corrected chi connectivity index (χ1v) is 7.40. The second-order valence-electron chi connectivity index (χ2n) is 5.01. The number of halogens is 1. The number of rotatable bonds is 4. The minimum Gasteiger partial charge on any atom is -0.496 e. The minimum absolute atomic E-state index is 0.200. The molecule has 0 bridgehead atoms. The zero-order valence-corrected chi connectivity index (χ0v) is 13.4. The van der Waals surface area contributed by atoms with Crippen molar-refractivity contribution < 1.29 is 24.0 Å². The van der Waals surface area contributed by atoms with Crippen LogP contribution in [-0.4, -0.2) is 30.0 Å². The standard InChI is InChI=1S/C17H12ClNO5/c1-23-14-8-4-7-13(18)12(14)9-15(20)24-19-16(21)10-5-2-3-6-11(10)17(19)22/h2-8H,9H2,1H3. The maximum atomic E-state index is 12.2. The smallest absolute Gasteiger partial charge is 0.337 e. The quantitative estimate of drug-likeness (QED) is 0.796. The third kappa shape index (κ3) is 2.72. The van der Waals surface area contributed by atoms with E-state index in [-0.39, 0.29) is 17.5 Å². The van der Waals surface area contributed by atoms with E-state index < -0.39 is 17.8 Å². The van der Waals surface area contributed by atoms with Gasteiger partial charge < -0.3 is 9.57 Å². The molecule has 2 aromatic rings. The summed E-state index contributed by atoms with van der Waals surface area (Å²) in [5, 5.41) is 0.796. The van der Waals surface area contributed by atoms with Gasteiger partial charge in [0.1, 0.15) is 5.75 Å². The number of nitrogens with zero attached hydrogens (tertiary/aromatic N) is 1. The summed E-state index contributed by atoms with van der Waals surface area (Å²) in [5.74, 6) is -1.72. The van der Waals surface area contributed by atoms with Crippen molar-refractivity contribution in [3.8, 4) is 5.75 Å². The number of hydrogen-bond donors (Lipinski definition) is 0. The first-order valence-electron chi connectivity index (χ1n) is 7.03. The lowest BCUT2D eigenvalue weighted by molar-refractivity contribution is -0.167. The topological polar surface area (TPSA) is 72.9 Å². The van der Waals surface area contributed by atoms with Crippen LogP contribution in [0.2, 0.25) is 5.02 Å². The Kier molecular flexibility index (Phi) is 4.22. The average Bonchev–Trinajstić information content (AvgIpc) is 2.82. The number of carbonyl (C=O) groups excluding carboxylic acids is 3. The van der Waals surface area contributed by atoms with E-state index >= 15 is 0 Å². The summed E-state index contributed by atoms with van der Waals surface area (Å²) in [6, 6.07) is 11.2. The monoisotopic (exact) mass is 345 g/mol. The van der Waals surface area contributed by atoms with E-state index in [1.54, 1.807) is 30.3 Å². The SMILES string of the molecule is COc1cccc(Cl)c1CC(=O)ON1C(=O)c2ccccc2C1=O. The van der Waals surface area contributed by atoms with E-state index in [1.165, 1.54) is 19.2 Å². The Labute approximate surface area is 142 Å². The van der Waals surface area contributed by atoms with Crippen molar-refractivity contribution in [1.82, 2.24) is 5.06 Å². The molecular formula is C17H12ClNO5. The van der Waals surface area contributed by atoms with Crippen molar-refractivity contribution in [2.45, 2.75) is 6.42 Å². The van der Waals surface area contributed by atoms with E-state index in [0.717, 1.165) is 0 Å². The normalized spacial score (nSPS) is 13.0. The molecule has 1 aliphatic rings. The highest BCUT2D eigenvalue weighted by Crippen LogP contribution is 2.28. The molecule has 2 amide bonds. The summed E-state index contributed by atoms with van der Waals surface area (Å²) in [5.41, 5.74) is 0.819. The van der Waals surface area contributed by atoms with E-state index in [1.807, 2.05) is 0 Å². The Morgan fingerprint density at radius 3 is 2.25 bits per heavy atom. The minimum atomic E-state index is -0.795. The lowest BCUT2D eigenvalue weighted by Crippen LogP contribution is -2.33. The fourth-order valence-electron chi connectivity index (χ4n) is 2.43. The van der Waals surface area contributed by atoms with Gasteiger partial charge in [0.25, 0.3) is 11.8 Å². The number of methoxy groups -OCH3 is 1. The molecule has 0 fully saturated rings. The molecule has 0 saturated heterocycles. The van der Waals surface area contributed by atoms with Crippen LogP contribution in [-0.2, 0) is 16.1 Å². The molecule has 0 N–H and O–H groups in total. The molecule has 0 aromatic heterocycles. The number of benzene rings is 2. The van der Waals surface area contributed by atoms with Crippen molar-refractivity contribution >= 4 is 29.4 Å². The third-order valence-corrected chi connectivity index (χ3v) is 3.92. The second kappa shape index (κ2) is 6.33. The molecule has 3 rings (SSSR count). The van der Waals surface area contributed by atoms with Gasteiger partial charge in [-0.25, -0.2) is 4.79 Å². The van der Waals surface area contributed by atoms with Gasteiger partial charge in [-0.15, -0.1) is 0 Å². The van der Waals surface area contributed by atoms with Crippen molar-refractivity contribution in [3.05, 3.63) is 64.2 Å². The van der Waals surface area contributed by atoms with Crippen molar-refractivity contribution in [3.63, 3.8) is 0 Å². The maximum absolute atomic E-state index is 12.2. The summed E-state index contributed by atoms with van der Waals surface area (Å²) in [7, 11) is 1.45. The van der Waals surface area contributed by atoms with E-state index in [2.05, 4.69) is 0 Å². The lowest BCUT2D eigenvalue weighted by Gasteiger charge is -2.14. The Hall–Kier alpha value is -2.86. The van der Waals surface area contributed by atoms with Gasteiger partial charge in [-0.05, 0) is 24.3 Å². The van der Waals surface area contributed by atoms with Gasteiger partial charge in [0.15, 0.2) is 0 Å². The number of fused-ring (bicyclic) bond motifs is 1. The summed E-state index contributed by atoms with van der Waals surface area (Å²) in [6.07, 6.45) is -0.240. The molecule has 2 aromatic carbocycles. The molecule has 1 heterocycles. The average molecular weight is 346 g/mol. The molecule has 0 atom stereocenters. The molecule has 0 radical (unpaired) electrons. The Morgan fingerprint density at radius 2 is 1.67 bits per heavy atom. The zero-order chi connectivity index (χ0) is 17.3. The highest BCUT2D eigenvalue weighted by atomic mass is 35.5. The number of ether oxygens (including phenoxy) is 1. The number of imide groups is 1. The predicted octanol–water partition coefficient (Wildman–Crippen LogP) is 2.65. The fraction of sp³-hybridized carbons (Fsp3) is 0.118. The molecule has 0 saturated carbocycles. The summed E-state index contributed by atoms with van der Waals surface area (Å²) in [6.45, 7) is 0. The van der Waals surface area contributed by atoms with Gasteiger partial charge in [-0.3, -0.25) is 9.59 Å². The molecule has 1 aliphatic heterocycles. The molecule has 0 spiro atoms. The number of amides is 2. The lowest BCUT2D eigenvalue weighted by atomic mass is 10.1. The van der Waals surface area contributed by atoms with E-state index in [9.17, 15) is 14.4 Å². The number of carbonyl (C=O) groups is 3. The van der Waals surface area contributed by atoms with Crippen LogP contribution in [0.4, 0.5) is 0 Å². The summed E-state index contributed by atoms with van der Waals surface area (Å²) >= 11 is 6.06. The van der Waals surface area contributed by atoms with Crippen molar-refractivity contribution in [2.24, 2.45) is 0 Å². The van der Waals surface area contributed by atoms with E-state index in [0.29, 0.717) is 21.4 Å². The van der Waals surface area contributed by atoms with Crippen LogP contribution >= 0.6 is 11.6 Å².